The van der Waals surface area contributed by atoms with Crippen LogP contribution in [0.15, 0.2) is 24.3 Å². The molecule has 2 rings (SSSR count). The molecule has 0 fully saturated rings. The standard InChI is InChI=1S/C30H44N2O3.C2H6/c1-18-16-14-15-17-24(18)32(13)26(33)30(12,31-27(34)35-28(7,8)9)29(10,11)25-22(5)20(3)19(2)21(4)23(25)6;1-2/h14-17H,1-13H3,(H,31,34);1-2H3. The van der Waals surface area contributed by atoms with Crippen LogP contribution in [-0.2, 0) is 14.9 Å². The molecule has 37 heavy (non-hydrogen) atoms. The molecular formula is C32H50N2O3. The highest BCUT2D eigenvalue weighted by atomic mass is 16.6. The Labute approximate surface area is 226 Å². The summed E-state index contributed by atoms with van der Waals surface area (Å²) in [5.41, 5.74) is 6.02. The van der Waals surface area contributed by atoms with E-state index in [0.717, 1.165) is 27.9 Å². The van der Waals surface area contributed by atoms with E-state index >= 15 is 0 Å². The molecule has 2 aromatic carbocycles. The van der Waals surface area contributed by atoms with E-state index in [1.54, 1.807) is 11.9 Å². The molecule has 0 aliphatic rings. The van der Waals surface area contributed by atoms with Crippen molar-refractivity contribution in [3.8, 4) is 0 Å². The average Bonchev–Trinajstić information content (AvgIpc) is 2.80. The monoisotopic (exact) mass is 510 g/mol. The fourth-order valence-corrected chi connectivity index (χ4v) is 5.06. The van der Waals surface area contributed by atoms with Gasteiger partial charge in [0.25, 0.3) is 5.91 Å². The van der Waals surface area contributed by atoms with Crippen LogP contribution in [0.2, 0.25) is 0 Å². The van der Waals surface area contributed by atoms with Crippen LogP contribution in [0.25, 0.3) is 0 Å². The lowest BCUT2D eigenvalue weighted by Crippen LogP contribution is -2.67. The van der Waals surface area contributed by atoms with Gasteiger partial charge in [-0.05, 0) is 114 Å². The second-order valence-corrected chi connectivity index (χ2v) is 11.5. The molecule has 1 N–H and O–H groups in total. The number of para-hydroxylation sites is 1. The smallest absolute Gasteiger partial charge is 0.408 e. The molecule has 2 amide bonds. The number of ether oxygens (including phenoxy) is 1. The van der Waals surface area contributed by atoms with Gasteiger partial charge in [0.1, 0.15) is 11.1 Å². The van der Waals surface area contributed by atoms with E-state index in [2.05, 4.69) is 39.9 Å². The molecule has 0 bridgehead atoms. The Balaban J connectivity index is 0.00000334. The molecule has 5 heteroatoms. The number of nitrogens with zero attached hydrogens (tertiary/aromatic N) is 1. The molecule has 0 aliphatic heterocycles. The van der Waals surface area contributed by atoms with Crippen LogP contribution in [0.4, 0.5) is 10.5 Å². The zero-order chi connectivity index (χ0) is 29.1. The van der Waals surface area contributed by atoms with Gasteiger partial charge in [0.2, 0.25) is 0 Å². The maximum Gasteiger partial charge on any atom is 0.408 e. The third kappa shape index (κ3) is 6.37. The lowest BCUT2D eigenvalue weighted by atomic mass is 9.64. The van der Waals surface area contributed by atoms with Gasteiger partial charge < -0.3 is 15.0 Å². The van der Waals surface area contributed by atoms with Crippen molar-refractivity contribution in [2.75, 3.05) is 11.9 Å². The van der Waals surface area contributed by atoms with Gasteiger partial charge in [-0.25, -0.2) is 4.79 Å². The number of hydrogen-bond acceptors (Lipinski definition) is 3. The van der Waals surface area contributed by atoms with Crippen LogP contribution in [0.1, 0.15) is 94.3 Å². The van der Waals surface area contributed by atoms with Crippen molar-refractivity contribution < 1.29 is 14.3 Å². The summed E-state index contributed by atoms with van der Waals surface area (Å²) in [7, 11) is 1.77. The van der Waals surface area contributed by atoms with Gasteiger partial charge in [-0.2, -0.15) is 0 Å². The van der Waals surface area contributed by atoms with Crippen LogP contribution in [0, 0.1) is 41.5 Å². The first-order valence-corrected chi connectivity index (χ1v) is 13.3. The van der Waals surface area contributed by atoms with Crippen molar-refractivity contribution in [3.05, 3.63) is 63.2 Å². The summed E-state index contributed by atoms with van der Waals surface area (Å²) in [4.78, 5) is 29.1. The van der Waals surface area contributed by atoms with Crippen molar-refractivity contribution in [2.45, 2.75) is 113 Å². The molecule has 0 aliphatic carbocycles. The van der Waals surface area contributed by atoms with E-state index in [0.29, 0.717) is 0 Å². The first-order valence-electron chi connectivity index (χ1n) is 13.3. The fraction of sp³-hybridized carbons (Fsp3) is 0.562. The second-order valence-electron chi connectivity index (χ2n) is 11.5. The topological polar surface area (TPSA) is 58.6 Å². The van der Waals surface area contributed by atoms with Crippen molar-refractivity contribution >= 4 is 17.7 Å². The highest BCUT2D eigenvalue weighted by molar-refractivity contribution is 6.03. The van der Waals surface area contributed by atoms with Gasteiger partial charge in [0.15, 0.2) is 0 Å². The van der Waals surface area contributed by atoms with E-state index < -0.39 is 22.6 Å². The number of anilines is 1. The molecule has 0 spiro atoms. The summed E-state index contributed by atoms with van der Waals surface area (Å²) < 4.78 is 5.63. The first kappa shape index (κ1) is 32.2. The summed E-state index contributed by atoms with van der Waals surface area (Å²) in [6.45, 7) is 27.9. The molecule has 0 saturated heterocycles. The normalized spacial score (nSPS) is 13.2. The maximum atomic E-state index is 14.4. The number of alkyl carbamates (subject to hydrolysis) is 1. The second kappa shape index (κ2) is 11.7. The molecular weight excluding hydrogens is 460 g/mol. The Kier molecular flexibility index (Phi) is 10.2. The minimum Gasteiger partial charge on any atom is -0.444 e. The zero-order valence-corrected chi connectivity index (χ0v) is 26.0. The number of nitrogens with one attached hydrogen (secondary N) is 1. The van der Waals surface area contributed by atoms with Crippen molar-refractivity contribution in [2.24, 2.45) is 0 Å². The summed E-state index contributed by atoms with van der Waals surface area (Å²) in [5, 5.41) is 3.01. The Morgan fingerprint density at radius 2 is 1.19 bits per heavy atom. The van der Waals surface area contributed by atoms with Gasteiger partial charge in [0.05, 0.1) is 0 Å². The van der Waals surface area contributed by atoms with Crippen molar-refractivity contribution in [3.63, 3.8) is 0 Å². The number of carbonyl (C=O) groups excluding carboxylic acids is 2. The minimum absolute atomic E-state index is 0.211. The maximum absolute atomic E-state index is 14.4. The largest absolute Gasteiger partial charge is 0.444 e. The Morgan fingerprint density at radius 3 is 1.62 bits per heavy atom. The van der Waals surface area contributed by atoms with E-state index in [1.165, 1.54) is 16.7 Å². The van der Waals surface area contributed by atoms with E-state index in [-0.39, 0.29) is 5.91 Å². The molecule has 0 radical (unpaired) electrons. The minimum atomic E-state index is -1.31. The molecule has 0 saturated carbocycles. The highest BCUT2D eigenvalue weighted by Gasteiger charge is 2.52. The summed E-state index contributed by atoms with van der Waals surface area (Å²) in [5.74, 6) is -0.211. The number of hydrogen-bond donors (Lipinski definition) is 1. The number of amides is 2. The molecule has 5 nitrogen and oxygen atoms in total. The number of aryl methyl sites for hydroxylation is 1. The number of carbonyl (C=O) groups is 2. The summed E-state index contributed by atoms with van der Waals surface area (Å²) in [6, 6.07) is 7.76. The van der Waals surface area contributed by atoms with Crippen LogP contribution >= 0.6 is 0 Å². The Bertz CT molecular complexity index is 1110. The summed E-state index contributed by atoms with van der Waals surface area (Å²) in [6.07, 6.45) is -0.615. The van der Waals surface area contributed by atoms with E-state index in [4.69, 9.17) is 4.74 Å². The lowest BCUT2D eigenvalue weighted by Gasteiger charge is -2.47. The van der Waals surface area contributed by atoms with Gasteiger partial charge in [-0.15, -0.1) is 0 Å². The fourth-order valence-electron chi connectivity index (χ4n) is 5.06. The number of likely N-dealkylation sites (N-methyl/N-ethyl adjacent to an activating group) is 1. The van der Waals surface area contributed by atoms with Gasteiger partial charge >= 0.3 is 6.09 Å². The van der Waals surface area contributed by atoms with Crippen LogP contribution in [0.3, 0.4) is 0 Å². The third-order valence-corrected chi connectivity index (χ3v) is 7.84. The molecule has 1 unspecified atom stereocenters. The highest BCUT2D eigenvalue weighted by Crippen LogP contribution is 2.43. The Morgan fingerprint density at radius 1 is 0.757 bits per heavy atom. The first-order chi connectivity index (χ1) is 16.9. The molecule has 0 heterocycles. The van der Waals surface area contributed by atoms with Gasteiger partial charge in [-0.1, -0.05) is 45.9 Å². The predicted molar refractivity (Wildman–Crippen MR) is 157 cm³/mol. The van der Waals surface area contributed by atoms with Gasteiger partial charge in [-0.3, -0.25) is 4.79 Å². The van der Waals surface area contributed by atoms with Crippen LogP contribution in [-0.4, -0.2) is 30.2 Å². The quantitative estimate of drug-likeness (QED) is 0.447. The number of benzene rings is 2. The SMILES string of the molecule is CC.Cc1ccccc1N(C)C(=O)C(C)(NC(=O)OC(C)(C)C)C(C)(C)c1c(C)c(C)c(C)c(C)c1C. The predicted octanol–water partition coefficient (Wildman–Crippen LogP) is 7.79. The van der Waals surface area contributed by atoms with E-state index in [1.807, 2.05) is 86.6 Å². The molecule has 206 valence electrons. The molecule has 0 aromatic heterocycles. The van der Waals surface area contributed by atoms with Crippen LogP contribution in [0.5, 0.6) is 0 Å². The molecule has 2 aromatic rings. The third-order valence-electron chi connectivity index (χ3n) is 7.84. The van der Waals surface area contributed by atoms with Crippen molar-refractivity contribution in [1.82, 2.24) is 5.32 Å². The average molecular weight is 511 g/mol. The van der Waals surface area contributed by atoms with E-state index in [9.17, 15) is 9.59 Å². The van der Waals surface area contributed by atoms with Gasteiger partial charge in [0, 0.05) is 18.2 Å². The lowest BCUT2D eigenvalue weighted by molar-refractivity contribution is -0.126. The van der Waals surface area contributed by atoms with Crippen molar-refractivity contribution in [1.29, 1.82) is 0 Å². The Hall–Kier alpha value is -2.82. The number of rotatable bonds is 5. The molecule has 1 atom stereocenters. The zero-order valence-electron chi connectivity index (χ0n) is 26.0. The van der Waals surface area contributed by atoms with Crippen LogP contribution < -0.4 is 10.2 Å². The summed E-state index contributed by atoms with van der Waals surface area (Å²) >= 11 is 0.